The highest BCUT2D eigenvalue weighted by Gasteiger charge is 2.22. The SMILES string of the molecule is CC(C(=O)C(C)c1ccc(I)cc1)c1ccc(I)cc1. The molecule has 0 spiro atoms. The van der Waals surface area contributed by atoms with Crippen LogP contribution in [0, 0.1) is 7.14 Å². The van der Waals surface area contributed by atoms with E-state index in [1.54, 1.807) is 0 Å². The summed E-state index contributed by atoms with van der Waals surface area (Å²) in [7, 11) is 0. The summed E-state index contributed by atoms with van der Waals surface area (Å²) in [6, 6.07) is 16.4. The summed E-state index contributed by atoms with van der Waals surface area (Å²) in [5.41, 5.74) is 2.18. The van der Waals surface area contributed by atoms with Crippen molar-refractivity contribution in [1.29, 1.82) is 0 Å². The van der Waals surface area contributed by atoms with Crippen molar-refractivity contribution in [3.63, 3.8) is 0 Å². The normalized spacial score (nSPS) is 13.8. The van der Waals surface area contributed by atoms with Gasteiger partial charge in [0.1, 0.15) is 5.78 Å². The van der Waals surface area contributed by atoms with Crippen molar-refractivity contribution in [2.24, 2.45) is 0 Å². The minimum Gasteiger partial charge on any atom is -0.298 e. The quantitative estimate of drug-likeness (QED) is 0.527. The minimum atomic E-state index is -0.0683. The lowest BCUT2D eigenvalue weighted by Gasteiger charge is -2.17. The predicted molar refractivity (Wildman–Crippen MR) is 100 cm³/mol. The molecular formula is C17H16I2O. The van der Waals surface area contributed by atoms with Crippen molar-refractivity contribution in [3.8, 4) is 0 Å². The van der Waals surface area contributed by atoms with Crippen LogP contribution in [0.3, 0.4) is 0 Å². The number of carbonyl (C=O) groups excluding carboxylic acids is 1. The van der Waals surface area contributed by atoms with Crippen molar-refractivity contribution < 1.29 is 4.79 Å². The molecule has 0 N–H and O–H groups in total. The highest BCUT2D eigenvalue weighted by molar-refractivity contribution is 14.1. The first-order valence-corrected chi connectivity index (χ1v) is 8.69. The van der Waals surface area contributed by atoms with Crippen LogP contribution in [0.1, 0.15) is 36.8 Å². The molecule has 0 aliphatic carbocycles. The molecule has 104 valence electrons. The number of rotatable bonds is 4. The Morgan fingerprint density at radius 3 is 1.35 bits per heavy atom. The van der Waals surface area contributed by atoms with Crippen LogP contribution in [0.15, 0.2) is 48.5 Å². The molecule has 0 aromatic heterocycles. The van der Waals surface area contributed by atoms with E-state index in [2.05, 4.69) is 69.4 Å². The Morgan fingerprint density at radius 1 is 0.750 bits per heavy atom. The summed E-state index contributed by atoms with van der Waals surface area (Å²) >= 11 is 4.55. The molecule has 0 heterocycles. The Hall–Kier alpha value is -0.430. The molecule has 2 aromatic carbocycles. The maximum atomic E-state index is 12.6. The molecule has 2 rings (SSSR count). The van der Waals surface area contributed by atoms with Crippen LogP contribution in [0.5, 0.6) is 0 Å². The van der Waals surface area contributed by atoms with Gasteiger partial charge in [-0.2, -0.15) is 0 Å². The molecule has 0 bridgehead atoms. The summed E-state index contributed by atoms with van der Waals surface area (Å²) in [5.74, 6) is 0.134. The lowest BCUT2D eigenvalue weighted by atomic mass is 9.86. The molecule has 0 aliphatic heterocycles. The van der Waals surface area contributed by atoms with E-state index in [9.17, 15) is 4.79 Å². The van der Waals surface area contributed by atoms with Gasteiger partial charge < -0.3 is 0 Å². The van der Waals surface area contributed by atoms with Gasteiger partial charge >= 0.3 is 0 Å². The van der Waals surface area contributed by atoms with Gasteiger partial charge in [0.2, 0.25) is 0 Å². The highest BCUT2D eigenvalue weighted by Crippen LogP contribution is 2.26. The number of hydrogen-bond donors (Lipinski definition) is 0. The molecule has 2 unspecified atom stereocenters. The molecule has 2 aromatic rings. The maximum Gasteiger partial charge on any atom is 0.147 e. The predicted octanol–water partition coefficient (Wildman–Crippen LogP) is 5.37. The van der Waals surface area contributed by atoms with E-state index in [0.29, 0.717) is 0 Å². The largest absolute Gasteiger partial charge is 0.298 e. The van der Waals surface area contributed by atoms with E-state index < -0.39 is 0 Å². The topological polar surface area (TPSA) is 17.1 Å². The van der Waals surface area contributed by atoms with E-state index in [0.717, 1.165) is 11.1 Å². The van der Waals surface area contributed by atoms with Gasteiger partial charge in [0.25, 0.3) is 0 Å². The second-order valence-electron chi connectivity index (χ2n) is 4.95. The van der Waals surface area contributed by atoms with E-state index in [1.165, 1.54) is 7.14 Å². The van der Waals surface area contributed by atoms with Gasteiger partial charge in [0.15, 0.2) is 0 Å². The second kappa shape index (κ2) is 7.02. The van der Waals surface area contributed by atoms with Gasteiger partial charge in [-0.3, -0.25) is 4.79 Å². The van der Waals surface area contributed by atoms with Gasteiger partial charge in [0.05, 0.1) is 0 Å². The fourth-order valence-electron chi connectivity index (χ4n) is 2.21. The Bertz CT molecular complexity index is 534. The molecule has 0 fully saturated rings. The van der Waals surface area contributed by atoms with Crippen LogP contribution >= 0.6 is 45.2 Å². The number of benzene rings is 2. The van der Waals surface area contributed by atoms with E-state index in [4.69, 9.17) is 0 Å². The highest BCUT2D eigenvalue weighted by atomic mass is 127. The lowest BCUT2D eigenvalue weighted by molar-refractivity contribution is -0.121. The van der Waals surface area contributed by atoms with Crippen molar-refractivity contribution in [3.05, 3.63) is 66.8 Å². The first-order valence-electron chi connectivity index (χ1n) is 6.53. The van der Waals surface area contributed by atoms with Gasteiger partial charge in [-0.05, 0) is 80.6 Å². The Kier molecular flexibility index (Phi) is 5.60. The molecule has 3 heteroatoms. The van der Waals surface area contributed by atoms with Crippen molar-refractivity contribution in [2.75, 3.05) is 0 Å². The monoisotopic (exact) mass is 490 g/mol. The first kappa shape index (κ1) is 15.9. The third-order valence-corrected chi connectivity index (χ3v) is 5.03. The zero-order valence-electron chi connectivity index (χ0n) is 11.4. The molecule has 0 amide bonds. The lowest BCUT2D eigenvalue weighted by Crippen LogP contribution is -2.16. The Labute approximate surface area is 147 Å². The fraction of sp³-hybridized carbons (Fsp3) is 0.235. The summed E-state index contributed by atoms with van der Waals surface area (Å²) in [5, 5.41) is 0. The number of ketones is 1. The van der Waals surface area contributed by atoms with Crippen molar-refractivity contribution in [1.82, 2.24) is 0 Å². The van der Waals surface area contributed by atoms with Crippen LogP contribution in [-0.4, -0.2) is 5.78 Å². The van der Waals surface area contributed by atoms with Crippen LogP contribution in [0.25, 0.3) is 0 Å². The maximum absolute atomic E-state index is 12.6. The van der Waals surface area contributed by atoms with Crippen LogP contribution < -0.4 is 0 Å². The number of halogens is 2. The van der Waals surface area contributed by atoms with E-state index >= 15 is 0 Å². The molecule has 0 saturated heterocycles. The van der Waals surface area contributed by atoms with Crippen molar-refractivity contribution in [2.45, 2.75) is 25.7 Å². The van der Waals surface area contributed by atoms with Gasteiger partial charge in [-0.15, -0.1) is 0 Å². The summed E-state index contributed by atoms with van der Waals surface area (Å²) in [6.07, 6.45) is 0. The summed E-state index contributed by atoms with van der Waals surface area (Å²) in [6.45, 7) is 3.99. The number of carbonyl (C=O) groups is 1. The Balaban J connectivity index is 2.17. The zero-order chi connectivity index (χ0) is 14.7. The zero-order valence-corrected chi connectivity index (χ0v) is 15.8. The minimum absolute atomic E-state index is 0.0683. The molecule has 0 aliphatic rings. The average Bonchev–Trinajstić information content (AvgIpc) is 2.46. The standard InChI is InChI=1S/C17H16I2O/c1-11(13-3-7-15(18)8-4-13)17(20)12(2)14-5-9-16(19)10-6-14/h3-12H,1-2H3. The molecular weight excluding hydrogens is 474 g/mol. The summed E-state index contributed by atoms with van der Waals surface area (Å²) in [4.78, 5) is 12.6. The number of Topliss-reactive ketones (excluding diaryl/α,β-unsaturated/α-hetero) is 1. The van der Waals surface area contributed by atoms with E-state index in [1.807, 2.05) is 38.1 Å². The van der Waals surface area contributed by atoms with Crippen LogP contribution in [0.2, 0.25) is 0 Å². The average molecular weight is 490 g/mol. The third-order valence-electron chi connectivity index (χ3n) is 3.59. The second-order valence-corrected chi connectivity index (χ2v) is 7.44. The first-order chi connectivity index (χ1) is 9.49. The van der Waals surface area contributed by atoms with Crippen molar-refractivity contribution >= 4 is 51.0 Å². The third kappa shape index (κ3) is 3.81. The van der Waals surface area contributed by atoms with Gasteiger partial charge in [0, 0.05) is 19.0 Å². The molecule has 0 radical (unpaired) electrons. The number of hydrogen-bond acceptors (Lipinski definition) is 1. The molecule has 1 nitrogen and oxygen atoms in total. The summed E-state index contributed by atoms with van der Waals surface area (Å²) < 4.78 is 2.38. The van der Waals surface area contributed by atoms with Gasteiger partial charge in [-0.25, -0.2) is 0 Å². The van der Waals surface area contributed by atoms with Crippen LogP contribution in [0.4, 0.5) is 0 Å². The smallest absolute Gasteiger partial charge is 0.147 e. The fourth-order valence-corrected chi connectivity index (χ4v) is 2.93. The van der Waals surface area contributed by atoms with Gasteiger partial charge in [-0.1, -0.05) is 38.1 Å². The molecule has 2 atom stereocenters. The molecule has 0 saturated carbocycles. The van der Waals surface area contributed by atoms with Crippen LogP contribution in [-0.2, 0) is 4.79 Å². The molecule has 20 heavy (non-hydrogen) atoms. The Morgan fingerprint density at radius 2 is 1.05 bits per heavy atom. The van der Waals surface area contributed by atoms with E-state index in [-0.39, 0.29) is 17.6 Å².